The van der Waals surface area contributed by atoms with Gasteiger partial charge in [-0.25, -0.2) is 9.59 Å². The quantitative estimate of drug-likeness (QED) is 0.214. The predicted molar refractivity (Wildman–Crippen MR) is 167 cm³/mol. The van der Waals surface area contributed by atoms with E-state index in [9.17, 15) is 9.59 Å². The number of esters is 1. The number of ether oxygens (including phenoxy) is 3. The molecule has 5 atom stereocenters. The summed E-state index contributed by atoms with van der Waals surface area (Å²) in [5.74, 6) is 6.42. The molecular formula is C33H43BrN2O5. The zero-order chi connectivity index (χ0) is 30.4. The Balaban J connectivity index is 2.11. The third-order valence-electron chi connectivity index (χ3n) is 6.67. The fourth-order valence-corrected chi connectivity index (χ4v) is 5.07. The van der Waals surface area contributed by atoms with E-state index in [1.807, 2.05) is 44.2 Å². The highest BCUT2D eigenvalue weighted by Crippen LogP contribution is 2.33. The van der Waals surface area contributed by atoms with Crippen LogP contribution < -0.4 is 16.2 Å². The maximum Gasteiger partial charge on any atom is 0.404 e. The van der Waals surface area contributed by atoms with Gasteiger partial charge in [0.15, 0.2) is 0 Å². The summed E-state index contributed by atoms with van der Waals surface area (Å²) in [4.78, 5) is 23.9. The van der Waals surface area contributed by atoms with E-state index in [2.05, 4.69) is 53.8 Å². The average Bonchev–Trinajstić information content (AvgIpc) is 2.88. The molecule has 2 rings (SSSR count). The van der Waals surface area contributed by atoms with E-state index in [1.165, 1.54) is 6.08 Å². The normalized spacial score (nSPS) is 25.9. The minimum atomic E-state index is -0.818. The van der Waals surface area contributed by atoms with Gasteiger partial charge in [0.05, 0.1) is 11.6 Å². The molecule has 0 aromatic heterocycles. The Kier molecular flexibility index (Phi) is 13.9. The first-order valence-electron chi connectivity index (χ1n) is 13.8. The van der Waals surface area contributed by atoms with Gasteiger partial charge in [0.2, 0.25) is 0 Å². The van der Waals surface area contributed by atoms with Crippen LogP contribution in [0.1, 0.15) is 52.5 Å². The average molecular weight is 628 g/mol. The summed E-state index contributed by atoms with van der Waals surface area (Å²) >= 11 is 3.64. The molecule has 1 aromatic carbocycles. The van der Waals surface area contributed by atoms with Crippen molar-refractivity contribution in [3.63, 3.8) is 0 Å². The van der Waals surface area contributed by atoms with Gasteiger partial charge in [-0.2, -0.15) is 0 Å². The molecule has 4 N–H and O–H groups in total. The molecule has 0 aliphatic carbocycles. The number of benzene rings is 1. The van der Waals surface area contributed by atoms with Crippen molar-refractivity contribution in [1.29, 1.82) is 0 Å². The van der Waals surface area contributed by atoms with Crippen molar-refractivity contribution in [2.75, 3.05) is 7.11 Å². The molecule has 8 heteroatoms. The summed E-state index contributed by atoms with van der Waals surface area (Å²) in [5, 5.41) is 0. The van der Waals surface area contributed by atoms with Gasteiger partial charge in [0, 0.05) is 18.0 Å². The lowest BCUT2D eigenvalue weighted by Crippen LogP contribution is -2.32. The summed E-state index contributed by atoms with van der Waals surface area (Å²) in [6.45, 7) is 8.31. The summed E-state index contributed by atoms with van der Waals surface area (Å²) < 4.78 is 17.4. The van der Waals surface area contributed by atoms with Crippen LogP contribution in [0, 0.1) is 29.1 Å². The topological polar surface area (TPSA) is 114 Å². The van der Waals surface area contributed by atoms with Gasteiger partial charge in [-0.15, -0.1) is 0 Å². The van der Waals surface area contributed by atoms with Gasteiger partial charge in [-0.3, -0.25) is 0 Å². The summed E-state index contributed by atoms with van der Waals surface area (Å²) in [5.41, 5.74) is 12.5. The molecular weight excluding hydrogens is 584 g/mol. The van der Waals surface area contributed by atoms with Crippen LogP contribution in [0.5, 0.6) is 5.75 Å². The van der Waals surface area contributed by atoms with Gasteiger partial charge in [0.25, 0.3) is 0 Å². The van der Waals surface area contributed by atoms with E-state index in [0.717, 1.165) is 22.2 Å². The Morgan fingerprint density at radius 1 is 1.20 bits per heavy atom. The van der Waals surface area contributed by atoms with Gasteiger partial charge in [-0.05, 0) is 82.8 Å². The molecule has 1 heterocycles. The summed E-state index contributed by atoms with van der Waals surface area (Å²) in [6.07, 6.45) is 15.1. The van der Waals surface area contributed by atoms with E-state index in [4.69, 9.17) is 25.7 Å². The lowest BCUT2D eigenvalue weighted by Gasteiger charge is -2.23. The zero-order valence-electron chi connectivity index (χ0n) is 24.6. The molecule has 1 aromatic rings. The van der Waals surface area contributed by atoms with Crippen molar-refractivity contribution < 1.29 is 23.8 Å². The molecule has 1 aliphatic rings. The number of methoxy groups -OCH3 is 1. The highest BCUT2D eigenvalue weighted by atomic mass is 79.9. The van der Waals surface area contributed by atoms with Gasteiger partial charge >= 0.3 is 12.1 Å². The first kappa shape index (κ1) is 33.9. The second-order valence-corrected chi connectivity index (χ2v) is 11.9. The maximum absolute atomic E-state index is 12.5. The van der Waals surface area contributed by atoms with Crippen molar-refractivity contribution in [1.82, 2.24) is 0 Å². The second kappa shape index (κ2) is 16.9. The number of rotatable bonds is 6. The Morgan fingerprint density at radius 3 is 2.63 bits per heavy atom. The van der Waals surface area contributed by atoms with Crippen LogP contribution >= 0.6 is 15.9 Å². The van der Waals surface area contributed by atoms with Crippen molar-refractivity contribution in [2.24, 2.45) is 28.7 Å². The fraction of sp³-hybridized carbons (Fsp3) is 0.455. The minimum absolute atomic E-state index is 0.0960. The molecule has 1 amide bonds. The fourth-order valence-electron chi connectivity index (χ4n) is 4.50. The predicted octanol–water partition coefficient (Wildman–Crippen LogP) is 6.41. The van der Waals surface area contributed by atoms with Crippen molar-refractivity contribution >= 4 is 28.0 Å². The first-order chi connectivity index (χ1) is 19.4. The standard InChI is InChI=1S/C33H43BrN2O5/c1-23-17-18-24(2)28(41-30(37)16-11-13-26(35)21-27(20-23)40-32(36)38)14-8-6-7-9-19-33(3,4)22-25-12-10-15-29(39-5)31(25)34/h8-12,14-19,23-24,26-28H,13,20-22,35H2,1-5H3,(H2,36,38)/b14-8+,16-11-,18-17+,19-9+/t23-,24-,26+,27-,28+/m1/s1. The molecule has 222 valence electrons. The summed E-state index contributed by atoms with van der Waals surface area (Å²) in [7, 11) is 1.66. The van der Waals surface area contributed by atoms with E-state index in [0.29, 0.717) is 19.3 Å². The number of nitrogens with two attached hydrogens (primary N) is 2. The number of cyclic esters (lactones) is 1. The number of allylic oxidation sites excluding steroid dienone is 4. The third kappa shape index (κ3) is 12.8. The van der Waals surface area contributed by atoms with Crippen LogP contribution in [0.3, 0.4) is 0 Å². The van der Waals surface area contributed by atoms with Gasteiger partial charge in [-0.1, -0.05) is 76.0 Å². The zero-order valence-corrected chi connectivity index (χ0v) is 26.2. The molecule has 0 radical (unpaired) electrons. The van der Waals surface area contributed by atoms with E-state index in [1.54, 1.807) is 25.3 Å². The van der Waals surface area contributed by atoms with Crippen LogP contribution in [0.2, 0.25) is 0 Å². The Bertz CT molecular complexity index is 1210. The van der Waals surface area contributed by atoms with Crippen LogP contribution in [-0.2, 0) is 20.7 Å². The van der Waals surface area contributed by atoms with Crippen molar-refractivity contribution in [3.05, 3.63) is 76.8 Å². The molecule has 1 aliphatic heterocycles. The molecule has 0 fully saturated rings. The molecule has 7 nitrogen and oxygen atoms in total. The highest BCUT2D eigenvalue weighted by molar-refractivity contribution is 9.10. The number of hydrogen-bond acceptors (Lipinski definition) is 6. The molecule has 0 saturated heterocycles. The van der Waals surface area contributed by atoms with E-state index < -0.39 is 24.3 Å². The lowest BCUT2D eigenvalue weighted by atomic mass is 9.85. The Hall–Kier alpha value is -3.28. The SMILES string of the molecule is COc1cccc(CC(C)(C)/C=C/C#C/C=C/[C@@H]2OC(=O)/C=C\C[C@H](N)C[C@H](OC(N)=O)C[C@H](C)/C=C/[C@H]2C)c1Br. The number of halogens is 1. The number of carbonyl (C=O) groups is 2. The molecule has 41 heavy (non-hydrogen) atoms. The largest absolute Gasteiger partial charge is 0.496 e. The number of amides is 1. The minimum Gasteiger partial charge on any atom is -0.496 e. The van der Waals surface area contributed by atoms with Crippen molar-refractivity contribution in [2.45, 2.75) is 71.6 Å². The van der Waals surface area contributed by atoms with Gasteiger partial charge in [0.1, 0.15) is 18.0 Å². The Morgan fingerprint density at radius 2 is 1.93 bits per heavy atom. The van der Waals surface area contributed by atoms with Crippen LogP contribution in [0.15, 0.2) is 71.3 Å². The number of hydrogen-bond donors (Lipinski definition) is 2. The second-order valence-electron chi connectivity index (χ2n) is 11.1. The van der Waals surface area contributed by atoms with Crippen LogP contribution in [0.25, 0.3) is 0 Å². The van der Waals surface area contributed by atoms with Crippen molar-refractivity contribution in [3.8, 4) is 17.6 Å². The Labute approximate surface area is 253 Å². The number of primary amides is 1. The smallest absolute Gasteiger partial charge is 0.404 e. The van der Waals surface area contributed by atoms with Crippen LogP contribution in [-0.4, -0.2) is 37.4 Å². The first-order valence-corrected chi connectivity index (χ1v) is 14.6. The summed E-state index contributed by atoms with van der Waals surface area (Å²) in [6, 6.07) is 5.70. The number of carbonyl (C=O) groups excluding carboxylic acids is 2. The van der Waals surface area contributed by atoms with Crippen LogP contribution in [0.4, 0.5) is 4.79 Å². The molecule has 0 bridgehead atoms. The molecule has 0 spiro atoms. The molecule has 0 unspecified atom stereocenters. The maximum atomic E-state index is 12.5. The monoisotopic (exact) mass is 626 g/mol. The lowest BCUT2D eigenvalue weighted by molar-refractivity contribution is -0.142. The van der Waals surface area contributed by atoms with E-state index in [-0.39, 0.29) is 23.3 Å². The highest BCUT2D eigenvalue weighted by Gasteiger charge is 2.21. The van der Waals surface area contributed by atoms with Gasteiger partial charge < -0.3 is 25.7 Å². The third-order valence-corrected chi connectivity index (χ3v) is 7.57. The van der Waals surface area contributed by atoms with E-state index >= 15 is 0 Å². The molecule has 0 saturated carbocycles.